The van der Waals surface area contributed by atoms with Gasteiger partial charge in [-0.25, -0.2) is 4.98 Å². The first-order chi connectivity index (χ1) is 11.5. The molecule has 0 spiro atoms. The maximum atomic E-state index is 14.6. The highest BCUT2D eigenvalue weighted by Crippen LogP contribution is 2.24. The van der Waals surface area contributed by atoms with Gasteiger partial charge in [-0.2, -0.15) is 4.39 Å². The fraction of sp³-hybridized carbons (Fsp3) is 0.278. The van der Waals surface area contributed by atoms with Crippen molar-refractivity contribution in [1.82, 2.24) is 19.3 Å². The zero-order valence-corrected chi connectivity index (χ0v) is 13.9. The fourth-order valence-electron chi connectivity index (χ4n) is 2.87. The second-order valence-electron chi connectivity index (χ2n) is 5.81. The van der Waals surface area contributed by atoms with Crippen molar-refractivity contribution in [3.05, 3.63) is 65.6 Å². The number of pyridine rings is 2. The average Bonchev–Trinajstić information content (AvgIpc) is 2.92. The van der Waals surface area contributed by atoms with Crippen LogP contribution in [0.5, 0.6) is 0 Å². The lowest BCUT2D eigenvalue weighted by Crippen LogP contribution is -2.32. The van der Waals surface area contributed by atoms with E-state index in [1.54, 1.807) is 31.7 Å². The molecule has 0 aliphatic heterocycles. The quantitative estimate of drug-likeness (QED) is 0.738. The SMILES string of the molecule is CC[C@@H](c1cccnc1)N(C)C(=O)c1nc2ccc(C)cn2c1F. The number of halogens is 1. The minimum Gasteiger partial charge on any atom is -0.333 e. The summed E-state index contributed by atoms with van der Waals surface area (Å²) in [5.74, 6) is -1.07. The number of carbonyl (C=O) groups is 1. The molecule has 0 aliphatic carbocycles. The third-order valence-corrected chi connectivity index (χ3v) is 4.15. The minimum atomic E-state index is -0.633. The van der Waals surface area contributed by atoms with E-state index in [1.165, 1.54) is 9.30 Å². The number of imidazole rings is 1. The molecule has 0 unspecified atom stereocenters. The highest BCUT2D eigenvalue weighted by molar-refractivity contribution is 5.93. The van der Waals surface area contributed by atoms with Gasteiger partial charge >= 0.3 is 0 Å². The van der Waals surface area contributed by atoms with Crippen LogP contribution in [0.1, 0.15) is 41.0 Å². The topological polar surface area (TPSA) is 50.5 Å². The number of rotatable bonds is 4. The molecule has 0 radical (unpaired) electrons. The van der Waals surface area contributed by atoms with Crippen LogP contribution in [0.3, 0.4) is 0 Å². The molecule has 0 saturated heterocycles. The molecular weight excluding hydrogens is 307 g/mol. The molecule has 3 aromatic rings. The van der Waals surface area contributed by atoms with E-state index in [4.69, 9.17) is 0 Å². The van der Waals surface area contributed by atoms with Crippen LogP contribution >= 0.6 is 0 Å². The molecular formula is C18H19FN4O. The largest absolute Gasteiger partial charge is 0.333 e. The van der Waals surface area contributed by atoms with Gasteiger partial charge in [0.15, 0.2) is 5.69 Å². The fourth-order valence-corrected chi connectivity index (χ4v) is 2.87. The summed E-state index contributed by atoms with van der Waals surface area (Å²) in [4.78, 5) is 22.6. The molecule has 1 amide bonds. The number of amides is 1. The summed E-state index contributed by atoms with van der Waals surface area (Å²) in [7, 11) is 1.66. The standard InChI is InChI=1S/C18H19FN4O/c1-4-14(13-6-5-9-20-10-13)22(3)18(24)16-17(19)23-11-12(2)7-8-15(23)21-16/h5-11,14H,4H2,1-3H3/t14-/m0/s1. The van der Waals surface area contributed by atoms with Crippen LogP contribution in [-0.2, 0) is 0 Å². The summed E-state index contributed by atoms with van der Waals surface area (Å²) in [5.41, 5.74) is 2.07. The van der Waals surface area contributed by atoms with Gasteiger partial charge in [0.1, 0.15) is 5.65 Å². The Morgan fingerprint density at radius 2 is 2.17 bits per heavy atom. The summed E-state index contributed by atoms with van der Waals surface area (Å²) >= 11 is 0. The molecule has 6 heteroatoms. The number of hydrogen-bond acceptors (Lipinski definition) is 3. The summed E-state index contributed by atoms with van der Waals surface area (Å²) < 4.78 is 15.9. The van der Waals surface area contributed by atoms with Crippen LogP contribution in [0.15, 0.2) is 42.9 Å². The summed E-state index contributed by atoms with van der Waals surface area (Å²) in [5, 5.41) is 0. The van der Waals surface area contributed by atoms with Gasteiger partial charge in [-0.1, -0.05) is 19.1 Å². The van der Waals surface area contributed by atoms with Crippen molar-refractivity contribution in [1.29, 1.82) is 0 Å². The van der Waals surface area contributed by atoms with E-state index in [1.807, 2.05) is 32.0 Å². The van der Waals surface area contributed by atoms with Gasteiger partial charge in [-0.3, -0.25) is 14.2 Å². The van der Waals surface area contributed by atoms with Crippen molar-refractivity contribution in [2.24, 2.45) is 0 Å². The Hall–Kier alpha value is -2.76. The summed E-state index contributed by atoms with van der Waals surface area (Å²) in [6.45, 7) is 3.84. The summed E-state index contributed by atoms with van der Waals surface area (Å²) in [6.07, 6.45) is 5.73. The van der Waals surface area contributed by atoms with E-state index in [-0.39, 0.29) is 11.7 Å². The predicted molar refractivity (Wildman–Crippen MR) is 89.2 cm³/mol. The van der Waals surface area contributed by atoms with E-state index in [9.17, 15) is 9.18 Å². The first kappa shape index (κ1) is 16.1. The third kappa shape index (κ3) is 2.75. The zero-order valence-electron chi connectivity index (χ0n) is 13.9. The molecule has 0 saturated carbocycles. The van der Waals surface area contributed by atoms with Crippen molar-refractivity contribution in [2.45, 2.75) is 26.3 Å². The van der Waals surface area contributed by atoms with Gasteiger partial charge in [0, 0.05) is 25.6 Å². The van der Waals surface area contributed by atoms with Crippen molar-refractivity contribution in [3.63, 3.8) is 0 Å². The van der Waals surface area contributed by atoms with Crippen molar-refractivity contribution in [2.75, 3.05) is 7.05 Å². The summed E-state index contributed by atoms with van der Waals surface area (Å²) in [6, 6.07) is 7.09. The maximum Gasteiger partial charge on any atom is 0.277 e. The Morgan fingerprint density at radius 3 is 2.83 bits per heavy atom. The van der Waals surface area contributed by atoms with E-state index >= 15 is 0 Å². The number of carbonyl (C=O) groups excluding carboxylic acids is 1. The first-order valence-corrected chi connectivity index (χ1v) is 7.84. The van der Waals surface area contributed by atoms with Gasteiger partial charge in [0.05, 0.1) is 6.04 Å². The van der Waals surface area contributed by atoms with Crippen LogP contribution in [0.2, 0.25) is 0 Å². The maximum absolute atomic E-state index is 14.6. The molecule has 24 heavy (non-hydrogen) atoms. The number of hydrogen-bond donors (Lipinski definition) is 0. The number of aromatic nitrogens is 3. The Kier molecular flexibility index (Phi) is 4.29. The van der Waals surface area contributed by atoms with Gasteiger partial charge in [-0.05, 0) is 36.6 Å². The number of nitrogens with zero attached hydrogens (tertiary/aromatic N) is 4. The monoisotopic (exact) mass is 326 g/mol. The Bertz CT molecular complexity index is 875. The van der Waals surface area contributed by atoms with Crippen molar-refractivity contribution >= 4 is 11.6 Å². The Labute approximate surface area is 139 Å². The van der Waals surface area contributed by atoms with Crippen LogP contribution < -0.4 is 0 Å². The van der Waals surface area contributed by atoms with Gasteiger partial charge in [-0.15, -0.1) is 0 Å². The van der Waals surface area contributed by atoms with Gasteiger partial charge < -0.3 is 4.90 Å². The molecule has 124 valence electrons. The molecule has 0 fully saturated rings. The van der Waals surface area contributed by atoms with E-state index in [0.29, 0.717) is 12.1 Å². The lowest BCUT2D eigenvalue weighted by Gasteiger charge is -2.26. The lowest BCUT2D eigenvalue weighted by molar-refractivity contribution is 0.0715. The van der Waals surface area contributed by atoms with E-state index in [0.717, 1.165) is 11.1 Å². The molecule has 3 heterocycles. The Balaban J connectivity index is 1.97. The average molecular weight is 326 g/mol. The number of fused-ring (bicyclic) bond motifs is 1. The Morgan fingerprint density at radius 1 is 1.38 bits per heavy atom. The smallest absolute Gasteiger partial charge is 0.277 e. The predicted octanol–water partition coefficient (Wildman–Crippen LogP) is 3.40. The zero-order chi connectivity index (χ0) is 17.3. The normalized spacial score (nSPS) is 12.3. The highest BCUT2D eigenvalue weighted by atomic mass is 19.1. The van der Waals surface area contributed by atoms with E-state index in [2.05, 4.69) is 9.97 Å². The molecule has 1 atom stereocenters. The molecule has 3 rings (SSSR count). The van der Waals surface area contributed by atoms with E-state index < -0.39 is 11.9 Å². The van der Waals surface area contributed by atoms with Gasteiger partial charge in [0.25, 0.3) is 5.91 Å². The molecule has 0 N–H and O–H groups in total. The van der Waals surface area contributed by atoms with Gasteiger partial charge in [0.2, 0.25) is 5.95 Å². The second-order valence-corrected chi connectivity index (χ2v) is 5.81. The second kappa shape index (κ2) is 6.39. The molecule has 0 aliphatic rings. The highest BCUT2D eigenvalue weighted by Gasteiger charge is 2.27. The molecule has 3 aromatic heterocycles. The molecule has 0 aromatic carbocycles. The van der Waals surface area contributed by atoms with Crippen LogP contribution in [-0.4, -0.2) is 32.2 Å². The van der Waals surface area contributed by atoms with Crippen LogP contribution in [0.25, 0.3) is 5.65 Å². The van der Waals surface area contributed by atoms with Crippen LogP contribution in [0.4, 0.5) is 4.39 Å². The lowest BCUT2D eigenvalue weighted by atomic mass is 10.1. The molecule has 5 nitrogen and oxygen atoms in total. The molecule has 0 bridgehead atoms. The van der Waals surface area contributed by atoms with Crippen molar-refractivity contribution < 1.29 is 9.18 Å². The first-order valence-electron chi connectivity index (χ1n) is 7.84. The minimum absolute atomic E-state index is 0.162. The number of aryl methyl sites for hydroxylation is 1. The third-order valence-electron chi connectivity index (χ3n) is 4.15. The van der Waals surface area contributed by atoms with Crippen molar-refractivity contribution in [3.8, 4) is 0 Å². The van der Waals surface area contributed by atoms with Crippen LogP contribution in [0, 0.1) is 12.9 Å².